The first-order valence-electron chi connectivity index (χ1n) is 4.30. The fourth-order valence-corrected chi connectivity index (χ4v) is 0.840. The number of nitrogens with one attached hydrogen (secondary N) is 1. The number of aromatic nitrogens is 2. The summed E-state index contributed by atoms with van der Waals surface area (Å²) in [5, 5.41) is 17.5. The average Bonchev–Trinajstić information content (AvgIpc) is 2.64. The van der Waals surface area contributed by atoms with Gasteiger partial charge in [-0.25, -0.2) is 4.63 Å². The van der Waals surface area contributed by atoms with Gasteiger partial charge in [0.2, 0.25) is 11.5 Å². The van der Waals surface area contributed by atoms with Crippen LogP contribution in [0.15, 0.2) is 4.63 Å². The second kappa shape index (κ2) is 5.94. The number of rotatable bonds is 6. The van der Waals surface area contributed by atoms with Crippen LogP contribution in [0.4, 0.5) is 5.82 Å². The summed E-state index contributed by atoms with van der Waals surface area (Å²) in [5.41, 5.74) is 5.26. The van der Waals surface area contributed by atoms with Gasteiger partial charge in [-0.05, 0) is 10.3 Å². The summed E-state index contributed by atoms with van der Waals surface area (Å²) in [6.45, 7) is 0.792. The minimum absolute atomic E-state index is 0.0443. The molecule has 0 bridgehead atoms. The Kier molecular flexibility index (Phi) is 4.51. The lowest BCUT2D eigenvalue weighted by atomic mass is 10.4. The van der Waals surface area contributed by atoms with Gasteiger partial charge in [0.15, 0.2) is 0 Å². The second-order valence-electron chi connectivity index (χ2n) is 2.59. The number of anilines is 1. The van der Waals surface area contributed by atoms with E-state index >= 15 is 0 Å². The Morgan fingerprint density at radius 3 is 2.93 bits per heavy atom. The topological polar surface area (TPSA) is 124 Å². The van der Waals surface area contributed by atoms with Crippen LogP contribution in [-0.2, 0) is 4.74 Å². The second-order valence-corrected chi connectivity index (χ2v) is 2.59. The number of aliphatic hydroxyl groups excluding tert-OH is 1. The van der Waals surface area contributed by atoms with E-state index in [9.17, 15) is 4.79 Å². The van der Waals surface area contributed by atoms with Crippen LogP contribution < -0.4 is 11.1 Å². The maximum Gasteiger partial charge on any atom is 0.277 e. The molecule has 0 fully saturated rings. The van der Waals surface area contributed by atoms with Crippen molar-refractivity contribution in [3.8, 4) is 0 Å². The Balaban J connectivity index is 2.22. The molecule has 1 rings (SSSR count). The molecule has 0 unspecified atom stereocenters. The molecule has 0 aliphatic rings. The van der Waals surface area contributed by atoms with Crippen LogP contribution in [-0.4, -0.2) is 47.7 Å². The van der Waals surface area contributed by atoms with Crippen molar-refractivity contribution in [3.05, 3.63) is 5.69 Å². The summed E-state index contributed by atoms with van der Waals surface area (Å²) >= 11 is 0. The van der Waals surface area contributed by atoms with E-state index in [0.717, 1.165) is 0 Å². The van der Waals surface area contributed by atoms with E-state index in [1.54, 1.807) is 0 Å². The molecule has 0 aliphatic carbocycles. The highest BCUT2D eigenvalue weighted by Gasteiger charge is 2.14. The smallest absolute Gasteiger partial charge is 0.277 e. The minimum atomic E-state index is -0.471. The summed E-state index contributed by atoms with van der Waals surface area (Å²) in [4.78, 5) is 11.3. The molecular formula is C7H12N4O4. The highest BCUT2D eigenvalue weighted by molar-refractivity contribution is 5.95. The average molecular weight is 216 g/mol. The highest BCUT2D eigenvalue weighted by atomic mass is 16.6. The largest absolute Gasteiger partial charge is 0.394 e. The van der Waals surface area contributed by atoms with Gasteiger partial charge in [0.05, 0.1) is 19.8 Å². The first kappa shape index (κ1) is 11.4. The van der Waals surface area contributed by atoms with E-state index in [1.165, 1.54) is 0 Å². The van der Waals surface area contributed by atoms with Crippen molar-refractivity contribution in [2.24, 2.45) is 0 Å². The zero-order chi connectivity index (χ0) is 11.1. The maximum absolute atomic E-state index is 11.3. The fourth-order valence-electron chi connectivity index (χ4n) is 0.840. The normalized spacial score (nSPS) is 10.2. The van der Waals surface area contributed by atoms with Gasteiger partial charge in [-0.15, -0.1) is 0 Å². The number of hydrogen-bond donors (Lipinski definition) is 3. The predicted molar refractivity (Wildman–Crippen MR) is 48.9 cm³/mol. The quantitative estimate of drug-likeness (QED) is 0.489. The van der Waals surface area contributed by atoms with Crippen LogP contribution >= 0.6 is 0 Å². The van der Waals surface area contributed by atoms with E-state index < -0.39 is 5.91 Å². The van der Waals surface area contributed by atoms with Crippen molar-refractivity contribution in [2.75, 3.05) is 32.1 Å². The van der Waals surface area contributed by atoms with Crippen LogP contribution in [0.1, 0.15) is 10.5 Å². The van der Waals surface area contributed by atoms with Gasteiger partial charge in [-0.2, -0.15) is 0 Å². The molecular weight excluding hydrogens is 204 g/mol. The SMILES string of the molecule is Nc1nonc1C(=O)NCCOCCO. The lowest BCUT2D eigenvalue weighted by molar-refractivity contribution is 0.0833. The van der Waals surface area contributed by atoms with Crippen molar-refractivity contribution in [2.45, 2.75) is 0 Å². The van der Waals surface area contributed by atoms with Crippen LogP contribution in [0, 0.1) is 0 Å². The number of carbonyl (C=O) groups is 1. The molecule has 1 aromatic heterocycles. The molecule has 1 heterocycles. The molecule has 1 amide bonds. The maximum atomic E-state index is 11.3. The van der Waals surface area contributed by atoms with E-state index in [2.05, 4.69) is 20.3 Å². The number of aliphatic hydroxyl groups is 1. The first-order valence-corrected chi connectivity index (χ1v) is 4.30. The third-order valence-electron chi connectivity index (χ3n) is 1.50. The Hall–Kier alpha value is -1.67. The number of carbonyl (C=O) groups excluding carboxylic acids is 1. The lowest BCUT2D eigenvalue weighted by Crippen LogP contribution is -2.28. The Labute approximate surface area is 85.4 Å². The van der Waals surface area contributed by atoms with Gasteiger partial charge in [0, 0.05) is 6.54 Å². The molecule has 0 atom stereocenters. The first-order chi connectivity index (χ1) is 7.25. The van der Waals surface area contributed by atoms with Gasteiger partial charge in [0.1, 0.15) is 0 Å². The van der Waals surface area contributed by atoms with Crippen molar-refractivity contribution < 1.29 is 19.3 Å². The third kappa shape index (κ3) is 3.52. The molecule has 8 heteroatoms. The summed E-state index contributed by atoms with van der Waals surface area (Å²) in [6.07, 6.45) is 0. The molecule has 0 radical (unpaired) electrons. The standard InChI is InChI=1S/C7H12N4O4/c8-6-5(10-15-11-6)7(13)9-1-3-14-4-2-12/h12H,1-4H2,(H2,8,11)(H,9,13). The van der Waals surface area contributed by atoms with Gasteiger partial charge < -0.3 is 20.9 Å². The Morgan fingerprint density at radius 1 is 1.53 bits per heavy atom. The summed E-state index contributed by atoms with van der Waals surface area (Å²) in [7, 11) is 0. The molecule has 8 nitrogen and oxygen atoms in total. The molecule has 0 saturated carbocycles. The molecule has 15 heavy (non-hydrogen) atoms. The summed E-state index contributed by atoms with van der Waals surface area (Å²) < 4.78 is 9.19. The van der Waals surface area contributed by atoms with Crippen LogP contribution in [0.25, 0.3) is 0 Å². The Bertz CT molecular complexity index is 314. The van der Waals surface area contributed by atoms with Gasteiger partial charge >= 0.3 is 0 Å². The van der Waals surface area contributed by atoms with Crippen molar-refractivity contribution >= 4 is 11.7 Å². The number of nitrogens with two attached hydrogens (primary N) is 1. The predicted octanol–water partition coefficient (Wildman–Crippen LogP) is -1.61. The van der Waals surface area contributed by atoms with Gasteiger partial charge in [0.25, 0.3) is 5.91 Å². The number of amides is 1. The third-order valence-corrected chi connectivity index (χ3v) is 1.50. The van der Waals surface area contributed by atoms with Crippen molar-refractivity contribution in [1.82, 2.24) is 15.6 Å². The van der Waals surface area contributed by atoms with Crippen molar-refractivity contribution in [1.29, 1.82) is 0 Å². The van der Waals surface area contributed by atoms with Crippen LogP contribution in [0.2, 0.25) is 0 Å². The highest BCUT2D eigenvalue weighted by Crippen LogP contribution is 2.02. The van der Waals surface area contributed by atoms with Gasteiger partial charge in [-0.1, -0.05) is 0 Å². The molecule has 1 aromatic rings. The molecule has 84 valence electrons. The number of nitrogens with zero attached hydrogens (tertiary/aromatic N) is 2. The van der Waals surface area contributed by atoms with E-state index in [4.69, 9.17) is 15.6 Å². The summed E-state index contributed by atoms with van der Waals surface area (Å²) in [6, 6.07) is 0. The number of nitrogen functional groups attached to an aromatic ring is 1. The molecule has 0 spiro atoms. The van der Waals surface area contributed by atoms with Gasteiger partial charge in [-0.3, -0.25) is 4.79 Å². The van der Waals surface area contributed by atoms with E-state index in [0.29, 0.717) is 13.2 Å². The molecule has 4 N–H and O–H groups in total. The molecule has 0 aromatic carbocycles. The fraction of sp³-hybridized carbons (Fsp3) is 0.571. The van der Waals surface area contributed by atoms with Crippen LogP contribution in [0.3, 0.4) is 0 Å². The minimum Gasteiger partial charge on any atom is -0.394 e. The lowest BCUT2D eigenvalue weighted by Gasteiger charge is -2.03. The zero-order valence-electron chi connectivity index (χ0n) is 7.97. The van der Waals surface area contributed by atoms with Crippen molar-refractivity contribution in [3.63, 3.8) is 0 Å². The number of hydrogen-bond acceptors (Lipinski definition) is 7. The van der Waals surface area contributed by atoms with E-state index in [-0.39, 0.29) is 24.7 Å². The Morgan fingerprint density at radius 2 is 2.33 bits per heavy atom. The summed E-state index contributed by atoms with van der Waals surface area (Å²) in [5.74, 6) is -0.523. The zero-order valence-corrected chi connectivity index (χ0v) is 7.97. The number of ether oxygens (including phenoxy) is 1. The van der Waals surface area contributed by atoms with E-state index in [1.807, 2.05) is 0 Å². The molecule has 0 aliphatic heterocycles. The van der Waals surface area contributed by atoms with Crippen LogP contribution in [0.5, 0.6) is 0 Å². The monoisotopic (exact) mass is 216 g/mol. The molecule has 0 saturated heterocycles.